The minimum Gasteiger partial charge on any atom is -0.350 e. The van der Waals surface area contributed by atoms with Crippen LogP contribution in [0.25, 0.3) is 0 Å². The number of anilines is 2. The third-order valence-corrected chi connectivity index (χ3v) is 2.88. The van der Waals surface area contributed by atoms with Crippen LogP contribution in [0.2, 0.25) is 0 Å². The molecule has 2 aromatic rings. The first-order valence-corrected chi connectivity index (χ1v) is 6.05. The van der Waals surface area contributed by atoms with Crippen LogP contribution in [-0.4, -0.2) is 9.85 Å². The first-order valence-electron chi connectivity index (χ1n) is 6.05. The summed E-state index contributed by atoms with van der Waals surface area (Å²) in [4.78, 5) is 20.0. The number of alkyl halides is 3. The van der Waals surface area contributed by atoms with Gasteiger partial charge in [0.05, 0.1) is 21.5 Å². The lowest BCUT2D eigenvalue weighted by Gasteiger charge is -2.09. The van der Waals surface area contributed by atoms with Crippen LogP contribution in [-0.2, 0) is 6.18 Å². The highest BCUT2D eigenvalue weighted by Crippen LogP contribution is 2.33. The molecule has 0 radical (unpaired) electrons. The summed E-state index contributed by atoms with van der Waals surface area (Å²) in [5.74, 6) is 0. The van der Waals surface area contributed by atoms with Gasteiger partial charge in [-0.2, -0.15) is 13.2 Å². The number of non-ortho nitro benzene ring substituents is 1. The molecule has 0 aliphatic rings. The zero-order chi connectivity index (χ0) is 17.2. The summed E-state index contributed by atoms with van der Waals surface area (Å²) in [6.07, 6.45) is -4.49. The van der Waals surface area contributed by atoms with Crippen molar-refractivity contribution >= 4 is 22.7 Å². The molecule has 23 heavy (non-hydrogen) atoms. The summed E-state index contributed by atoms with van der Waals surface area (Å²) >= 11 is 0. The van der Waals surface area contributed by atoms with Gasteiger partial charge in [0.25, 0.3) is 11.4 Å². The Bertz CT molecular complexity index is 760. The number of benzene rings is 2. The van der Waals surface area contributed by atoms with Crippen molar-refractivity contribution in [2.24, 2.45) is 0 Å². The number of hydrogen-bond acceptors (Lipinski definition) is 5. The van der Waals surface area contributed by atoms with Crippen molar-refractivity contribution in [1.29, 1.82) is 0 Å². The van der Waals surface area contributed by atoms with Gasteiger partial charge >= 0.3 is 6.18 Å². The molecule has 0 amide bonds. The van der Waals surface area contributed by atoms with E-state index in [1.807, 2.05) is 0 Å². The van der Waals surface area contributed by atoms with Crippen LogP contribution in [0.5, 0.6) is 0 Å². The first-order chi connectivity index (χ1) is 10.7. The summed E-state index contributed by atoms with van der Waals surface area (Å²) in [6, 6.07) is 6.79. The summed E-state index contributed by atoms with van der Waals surface area (Å²) in [5, 5.41) is 24.2. The molecule has 0 bridgehead atoms. The van der Waals surface area contributed by atoms with Crippen LogP contribution in [0, 0.1) is 20.2 Å². The van der Waals surface area contributed by atoms with Gasteiger partial charge in [-0.3, -0.25) is 20.2 Å². The number of nitrogens with one attached hydrogen (secondary N) is 1. The minimum absolute atomic E-state index is 0.0691. The molecule has 10 heteroatoms. The average molecular weight is 327 g/mol. The number of halogens is 3. The topological polar surface area (TPSA) is 98.3 Å². The van der Waals surface area contributed by atoms with E-state index >= 15 is 0 Å². The van der Waals surface area contributed by atoms with Crippen molar-refractivity contribution < 1.29 is 23.0 Å². The van der Waals surface area contributed by atoms with E-state index in [0.717, 1.165) is 42.5 Å². The van der Waals surface area contributed by atoms with Crippen LogP contribution in [0.4, 0.5) is 35.9 Å². The Labute approximate surface area is 126 Å². The second-order valence-corrected chi connectivity index (χ2v) is 4.42. The van der Waals surface area contributed by atoms with Gasteiger partial charge in [-0.1, -0.05) is 0 Å². The summed E-state index contributed by atoms with van der Waals surface area (Å²) < 4.78 is 37.4. The van der Waals surface area contributed by atoms with Gasteiger partial charge in [0, 0.05) is 11.8 Å². The van der Waals surface area contributed by atoms with Gasteiger partial charge in [-0.05, 0) is 30.3 Å². The van der Waals surface area contributed by atoms with Crippen molar-refractivity contribution in [3.8, 4) is 0 Å². The average Bonchev–Trinajstić information content (AvgIpc) is 2.46. The Morgan fingerprint density at radius 3 is 2.00 bits per heavy atom. The van der Waals surface area contributed by atoms with Crippen LogP contribution in [0.15, 0.2) is 42.5 Å². The Hall–Kier alpha value is -3.17. The van der Waals surface area contributed by atoms with E-state index in [4.69, 9.17) is 0 Å². The van der Waals surface area contributed by atoms with E-state index < -0.39 is 33.0 Å². The van der Waals surface area contributed by atoms with E-state index in [0.29, 0.717) is 0 Å². The fourth-order valence-corrected chi connectivity index (χ4v) is 1.79. The fourth-order valence-electron chi connectivity index (χ4n) is 1.79. The van der Waals surface area contributed by atoms with Crippen molar-refractivity contribution in [3.05, 3.63) is 68.3 Å². The van der Waals surface area contributed by atoms with Gasteiger partial charge in [0.2, 0.25) is 0 Å². The van der Waals surface area contributed by atoms with Crippen LogP contribution >= 0.6 is 0 Å². The molecule has 0 saturated heterocycles. The monoisotopic (exact) mass is 327 g/mol. The van der Waals surface area contributed by atoms with Gasteiger partial charge < -0.3 is 5.32 Å². The molecule has 2 aromatic carbocycles. The molecule has 1 N–H and O–H groups in total. The molecule has 0 spiro atoms. The maximum absolute atomic E-state index is 12.5. The third-order valence-electron chi connectivity index (χ3n) is 2.88. The molecular weight excluding hydrogens is 319 g/mol. The summed E-state index contributed by atoms with van der Waals surface area (Å²) in [6.45, 7) is 0. The van der Waals surface area contributed by atoms with E-state index in [-0.39, 0.29) is 11.4 Å². The molecule has 2 rings (SSSR count). The summed E-state index contributed by atoms with van der Waals surface area (Å²) in [5.41, 5.74) is -1.77. The molecular formula is C13H8F3N3O4. The van der Waals surface area contributed by atoms with Crippen LogP contribution in [0.1, 0.15) is 5.56 Å². The third kappa shape index (κ3) is 3.73. The van der Waals surface area contributed by atoms with Gasteiger partial charge in [-0.25, -0.2) is 0 Å². The van der Waals surface area contributed by atoms with E-state index in [1.54, 1.807) is 0 Å². The van der Waals surface area contributed by atoms with Crippen LogP contribution < -0.4 is 5.32 Å². The van der Waals surface area contributed by atoms with E-state index in [1.165, 1.54) is 0 Å². The molecule has 0 fully saturated rings. The first kappa shape index (κ1) is 16.2. The standard InChI is InChI=1S/C13H8F3N3O4/c14-13(15,16)8-1-3-9(4-2-8)17-11-6-5-10(18(20)21)7-12(11)19(22)23/h1-7,17H. The van der Waals surface area contributed by atoms with Crippen LogP contribution in [0.3, 0.4) is 0 Å². The van der Waals surface area contributed by atoms with Gasteiger partial charge in [0.15, 0.2) is 0 Å². The van der Waals surface area contributed by atoms with Crippen molar-refractivity contribution in [1.82, 2.24) is 0 Å². The van der Waals surface area contributed by atoms with Crippen molar-refractivity contribution in [2.75, 3.05) is 5.32 Å². The Balaban J connectivity index is 2.32. The number of nitro benzene ring substituents is 2. The number of hydrogen-bond donors (Lipinski definition) is 1. The highest BCUT2D eigenvalue weighted by molar-refractivity contribution is 5.71. The predicted octanol–water partition coefficient (Wildman–Crippen LogP) is 4.27. The SMILES string of the molecule is O=[N+]([O-])c1ccc(Nc2ccc(C(F)(F)F)cc2)c([N+](=O)[O-])c1. The number of nitro groups is 2. The molecule has 0 aliphatic heterocycles. The lowest BCUT2D eigenvalue weighted by molar-refractivity contribution is -0.393. The molecule has 0 aliphatic carbocycles. The quantitative estimate of drug-likeness (QED) is 0.668. The Morgan fingerprint density at radius 2 is 1.52 bits per heavy atom. The number of nitrogens with zero attached hydrogens (tertiary/aromatic N) is 2. The second kappa shape index (κ2) is 5.91. The molecule has 0 aromatic heterocycles. The Morgan fingerprint density at radius 1 is 0.913 bits per heavy atom. The highest BCUT2D eigenvalue weighted by atomic mass is 19.4. The molecule has 0 heterocycles. The zero-order valence-corrected chi connectivity index (χ0v) is 11.2. The van der Waals surface area contributed by atoms with Gasteiger partial charge in [0.1, 0.15) is 5.69 Å². The van der Waals surface area contributed by atoms with Crippen molar-refractivity contribution in [3.63, 3.8) is 0 Å². The van der Waals surface area contributed by atoms with E-state index in [2.05, 4.69) is 5.32 Å². The molecule has 0 atom stereocenters. The number of rotatable bonds is 4. The predicted molar refractivity (Wildman–Crippen MR) is 74.5 cm³/mol. The molecule has 7 nitrogen and oxygen atoms in total. The highest BCUT2D eigenvalue weighted by Gasteiger charge is 2.30. The molecule has 0 saturated carbocycles. The van der Waals surface area contributed by atoms with Crippen molar-refractivity contribution in [2.45, 2.75) is 6.18 Å². The Kier molecular flexibility index (Phi) is 4.16. The lowest BCUT2D eigenvalue weighted by Crippen LogP contribution is -2.04. The largest absolute Gasteiger partial charge is 0.416 e. The van der Waals surface area contributed by atoms with Gasteiger partial charge in [-0.15, -0.1) is 0 Å². The molecule has 0 unspecified atom stereocenters. The zero-order valence-electron chi connectivity index (χ0n) is 11.2. The second-order valence-electron chi connectivity index (χ2n) is 4.42. The maximum atomic E-state index is 12.5. The lowest BCUT2D eigenvalue weighted by atomic mass is 10.2. The summed E-state index contributed by atoms with van der Waals surface area (Å²) in [7, 11) is 0. The normalized spacial score (nSPS) is 11.1. The van der Waals surface area contributed by atoms with E-state index in [9.17, 15) is 33.4 Å². The fraction of sp³-hybridized carbons (Fsp3) is 0.0769. The minimum atomic E-state index is -4.49. The molecule has 120 valence electrons. The smallest absolute Gasteiger partial charge is 0.350 e. The maximum Gasteiger partial charge on any atom is 0.416 e.